The molecule has 0 saturated carbocycles. The number of hydrogen-bond acceptors (Lipinski definition) is 4. The first kappa shape index (κ1) is 24.7. The summed E-state index contributed by atoms with van der Waals surface area (Å²) >= 11 is 5.78. The topological polar surface area (TPSA) is 78.9 Å². The van der Waals surface area contributed by atoms with E-state index in [4.69, 9.17) is 16.3 Å². The number of allylic oxidation sites excluding steroid dienone is 1. The van der Waals surface area contributed by atoms with Gasteiger partial charge in [-0.15, -0.1) is 18.2 Å². The number of aliphatic hydroxyl groups excluding tert-OH is 1. The summed E-state index contributed by atoms with van der Waals surface area (Å²) in [5, 5.41) is 13.0. The Labute approximate surface area is 162 Å². The number of hydrogen-bond donors (Lipinski definition) is 2. The van der Waals surface area contributed by atoms with Gasteiger partial charge >= 0.3 is 6.09 Å². The van der Waals surface area contributed by atoms with Crippen LogP contribution in [0.4, 0.5) is 4.79 Å². The molecule has 7 heteroatoms. The van der Waals surface area contributed by atoms with Gasteiger partial charge in [-0.2, -0.15) is 0 Å². The van der Waals surface area contributed by atoms with Gasteiger partial charge in [0.25, 0.3) is 0 Å². The van der Waals surface area contributed by atoms with Crippen molar-refractivity contribution in [2.45, 2.75) is 77.7 Å². The number of ether oxygens (including phenoxy) is 1. The van der Waals surface area contributed by atoms with Gasteiger partial charge in [0.05, 0.1) is 18.0 Å². The van der Waals surface area contributed by atoms with E-state index in [0.717, 1.165) is 12.8 Å². The molecule has 2 N–H and O–H groups in total. The SMILES string of the molecule is C=CCC[C@H](C)C[C@H](NC(=O)[C@H](C)N(C)C(=O)OC(C)(C)C)[C@H](O)CCl. The van der Waals surface area contributed by atoms with E-state index >= 15 is 0 Å². The van der Waals surface area contributed by atoms with E-state index in [9.17, 15) is 14.7 Å². The lowest BCUT2D eigenvalue weighted by Gasteiger charge is -2.31. The first-order chi connectivity index (χ1) is 11.9. The van der Waals surface area contributed by atoms with Crippen LogP contribution < -0.4 is 5.32 Å². The average molecular weight is 391 g/mol. The zero-order chi connectivity index (χ0) is 20.5. The van der Waals surface area contributed by atoms with Crippen molar-refractivity contribution < 1.29 is 19.4 Å². The second kappa shape index (κ2) is 11.4. The fraction of sp³-hybridized carbons (Fsp3) is 0.789. The lowest BCUT2D eigenvalue weighted by Crippen LogP contribution is -2.53. The van der Waals surface area contributed by atoms with Crippen LogP contribution in [0.25, 0.3) is 0 Å². The Morgan fingerprint density at radius 1 is 1.35 bits per heavy atom. The second-order valence-electron chi connectivity index (χ2n) is 7.81. The van der Waals surface area contributed by atoms with E-state index in [-0.39, 0.29) is 17.7 Å². The monoisotopic (exact) mass is 390 g/mol. The molecule has 0 fully saturated rings. The van der Waals surface area contributed by atoms with Crippen molar-refractivity contribution in [1.82, 2.24) is 10.2 Å². The van der Waals surface area contributed by atoms with Crippen LogP contribution in [0, 0.1) is 5.92 Å². The van der Waals surface area contributed by atoms with Crippen LogP contribution in [0.2, 0.25) is 0 Å². The summed E-state index contributed by atoms with van der Waals surface area (Å²) in [7, 11) is 1.51. The molecule has 4 atom stereocenters. The van der Waals surface area contributed by atoms with E-state index in [0.29, 0.717) is 6.42 Å². The van der Waals surface area contributed by atoms with Crippen LogP contribution in [-0.4, -0.2) is 58.7 Å². The lowest BCUT2D eigenvalue weighted by atomic mass is 9.94. The summed E-state index contributed by atoms with van der Waals surface area (Å²) in [5.74, 6) is -0.0476. The van der Waals surface area contributed by atoms with Crippen molar-refractivity contribution in [2.75, 3.05) is 12.9 Å². The summed E-state index contributed by atoms with van der Waals surface area (Å²) in [6.45, 7) is 12.7. The maximum Gasteiger partial charge on any atom is 0.410 e. The minimum atomic E-state index is -0.856. The van der Waals surface area contributed by atoms with E-state index in [1.165, 1.54) is 11.9 Å². The summed E-state index contributed by atoms with van der Waals surface area (Å²) in [6.07, 6.45) is 2.80. The molecule has 0 bridgehead atoms. The Bertz CT molecular complexity index is 465. The molecule has 0 aliphatic carbocycles. The Morgan fingerprint density at radius 2 is 1.92 bits per heavy atom. The van der Waals surface area contributed by atoms with Crippen molar-refractivity contribution in [1.29, 1.82) is 0 Å². The fourth-order valence-electron chi connectivity index (χ4n) is 2.34. The maximum atomic E-state index is 12.5. The van der Waals surface area contributed by atoms with Crippen molar-refractivity contribution in [3.8, 4) is 0 Å². The van der Waals surface area contributed by atoms with E-state index < -0.39 is 29.9 Å². The van der Waals surface area contributed by atoms with Crippen LogP contribution in [0.1, 0.15) is 53.9 Å². The Morgan fingerprint density at radius 3 is 2.38 bits per heavy atom. The second-order valence-corrected chi connectivity index (χ2v) is 8.12. The predicted octanol–water partition coefficient (Wildman–Crippen LogP) is 3.32. The summed E-state index contributed by atoms with van der Waals surface area (Å²) in [5.41, 5.74) is -0.639. The molecule has 152 valence electrons. The van der Waals surface area contributed by atoms with Gasteiger partial charge in [0, 0.05) is 7.05 Å². The van der Waals surface area contributed by atoms with Crippen LogP contribution in [0.5, 0.6) is 0 Å². The number of alkyl halides is 1. The fourth-order valence-corrected chi connectivity index (χ4v) is 2.56. The smallest absolute Gasteiger partial charge is 0.410 e. The molecule has 0 aromatic heterocycles. The maximum absolute atomic E-state index is 12.5. The van der Waals surface area contributed by atoms with Crippen LogP contribution >= 0.6 is 11.6 Å². The molecule has 0 spiro atoms. The van der Waals surface area contributed by atoms with Crippen molar-refractivity contribution in [2.24, 2.45) is 5.92 Å². The van der Waals surface area contributed by atoms with Gasteiger partial charge in [0.2, 0.25) is 5.91 Å². The van der Waals surface area contributed by atoms with Crippen LogP contribution in [0.3, 0.4) is 0 Å². The van der Waals surface area contributed by atoms with Crippen LogP contribution in [-0.2, 0) is 9.53 Å². The molecule has 0 rings (SSSR count). The highest BCUT2D eigenvalue weighted by atomic mass is 35.5. The van der Waals surface area contributed by atoms with E-state index in [1.54, 1.807) is 27.7 Å². The predicted molar refractivity (Wildman–Crippen MR) is 105 cm³/mol. The van der Waals surface area contributed by atoms with E-state index in [2.05, 4.69) is 18.8 Å². The minimum absolute atomic E-state index is 0.0232. The molecule has 0 heterocycles. The number of likely N-dealkylation sites (N-methyl/N-ethyl adjacent to an activating group) is 1. The zero-order valence-corrected chi connectivity index (χ0v) is 17.7. The number of amides is 2. The molecule has 26 heavy (non-hydrogen) atoms. The summed E-state index contributed by atoms with van der Waals surface area (Å²) in [4.78, 5) is 25.9. The van der Waals surface area contributed by atoms with Gasteiger partial charge in [-0.1, -0.05) is 13.0 Å². The zero-order valence-electron chi connectivity index (χ0n) is 16.9. The lowest BCUT2D eigenvalue weighted by molar-refractivity contribution is -0.127. The number of carbonyl (C=O) groups excluding carboxylic acids is 2. The highest BCUT2D eigenvalue weighted by molar-refractivity contribution is 6.18. The molecular weight excluding hydrogens is 356 g/mol. The quantitative estimate of drug-likeness (QED) is 0.443. The molecule has 0 aromatic carbocycles. The molecule has 0 unspecified atom stereocenters. The highest BCUT2D eigenvalue weighted by Crippen LogP contribution is 2.17. The van der Waals surface area contributed by atoms with Gasteiger partial charge in [0.1, 0.15) is 11.6 Å². The minimum Gasteiger partial charge on any atom is -0.444 e. The molecular formula is C19H35ClN2O4. The molecule has 0 aromatic rings. The third-order valence-electron chi connectivity index (χ3n) is 4.11. The summed E-state index contributed by atoms with van der Waals surface area (Å²) < 4.78 is 5.28. The largest absolute Gasteiger partial charge is 0.444 e. The third kappa shape index (κ3) is 9.43. The first-order valence-corrected chi connectivity index (χ1v) is 9.57. The number of rotatable bonds is 10. The first-order valence-electron chi connectivity index (χ1n) is 9.04. The van der Waals surface area contributed by atoms with Gasteiger partial charge in [-0.25, -0.2) is 4.79 Å². The average Bonchev–Trinajstić information content (AvgIpc) is 2.55. The third-order valence-corrected chi connectivity index (χ3v) is 4.43. The highest BCUT2D eigenvalue weighted by Gasteiger charge is 2.30. The number of nitrogens with one attached hydrogen (secondary N) is 1. The molecule has 0 aliphatic rings. The standard InChI is InChI=1S/C19H35ClN2O4/c1-8-9-10-13(2)11-15(16(23)12-20)21-17(24)14(3)22(7)18(25)26-19(4,5)6/h8,13-16,23H,1,9-12H2,2-7H3,(H,21,24)/t13-,14-,15-,16+/m0/s1. The van der Waals surface area contributed by atoms with E-state index in [1.807, 2.05) is 6.08 Å². The van der Waals surface area contributed by atoms with Crippen molar-refractivity contribution in [3.05, 3.63) is 12.7 Å². The van der Waals surface area contributed by atoms with Crippen LogP contribution in [0.15, 0.2) is 12.7 Å². The molecule has 6 nitrogen and oxygen atoms in total. The number of aliphatic hydroxyl groups is 1. The molecule has 2 amide bonds. The number of nitrogens with zero attached hydrogens (tertiary/aromatic N) is 1. The number of halogens is 1. The molecule has 0 saturated heterocycles. The normalized spacial score (nSPS) is 16.2. The van der Waals surface area contributed by atoms with Gasteiger partial charge in [-0.3, -0.25) is 9.69 Å². The molecule has 0 aliphatic heterocycles. The summed E-state index contributed by atoms with van der Waals surface area (Å²) in [6, 6.07) is -1.22. The van der Waals surface area contributed by atoms with Gasteiger partial charge in [0.15, 0.2) is 0 Å². The van der Waals surface area contributed by atoms with Crippen molar-refractivity contribution >= 4 is 23.6 Å². The number of carbonyl (C=O) groups is 2. The van der Waals surface area contributed by atoms with Gasteiger partial charge in [-0.05, 0) is 52.9 Å². The molecule has 0 radical (unpaired) electrons. The van der Waals surface area contributed by atoms with Gasteiger partial charge < -0.3 is 15.2 Å². The Hall–Kier alpha value is -1.27. The van der Waals surface area contributed by atoms with Crippen molar-refractivity contribution in [3.63, 3.8) is 0 Å². The Kier molecular flexibility index (Phi) is 10.9. The Balaban J connectivity index is 4.90.